The molecule has 0 aromatic carbocycles. The topological polar surface area (TPSA) is 88.3 Å². The number of aromatic nitrogens is 1. The average molecular weight is 258 g/mol. The van der Waals surface area contributed by atoms with Crippen LogP contribution >= 0.6 is 11.6 Å². The van der Waals surface area contributed by atoms with Gasteiger partial charge in [0, 0.05) is 6.07 Å². The first-order valence-electron chi connectivity index (χ1n) is 5.25. The number of aliphatic hydroxyl groups excluding tert-OH is 1. The summed E-state index contributed by atoms with van der Waals surface area (Å²) in [5, 5.41) is 23.1. The molecule has 1 aromatic rings. The molecule has 2 N–H and O–H groups in total. The molecule has 0 aliphatic heterocycles. The first-order chi connectivity index (χ1) is 8.06. The SMILES string of the molecule is O=[N+]([O-])c1cnc(NC2(CO)CCC2)c(Cl)c1. The number of nitro groups is 1. The summed E-state index contributed by atoms with van der Waals surface area (Å²) in [5.74, 6) is 0.381. The van der Waals surface area contributed by atoms with E-state index in [1.807, 2.05) is 0 Å². The molecule has 1 aromatic heterocycles. The van der Waals surface area contributed by atoms with Crippen LogP contribution < -0.4 is 5.32 Å². The number of halogens is 1. The molecule has 7 heteroatoms. The van der Waals surface area contributed by atoms with Crippen molar-refractivity contribution in [1.82, 2.24) is 4.98 Å². The van der Waals surface area contributed by atoms with Crippen LogP contribution in [0, 0.1) is 10.1 Å². The van der Waals surface area contributed by atoms with Crippen molar-refractivity contribution in [2.75, 3.05) is 11.9 Å². The first kappa shape index (κ1) is 12.1. The third kappa shape index (κ3) is 2.32. The van der Waals surface area contributed by atoms with E-state index in [-0.39, 0.29) is 22.9 Å². The van der Waals surface area contributed by atoms with E-state index in [4.69, 9.17) is 11.6 Å². The van der Waals surface area contributed by atoms with E-state index < -0.39 is 4.92 Å². The van der Waals surface area contributed by atoms with E-state index >= 15 is 0 Å². The number of pyridine rings is 1. The van der Waals surface area contributed by atoms with Gasteiger partial charge < -0.3 is 10.4 Å². The lowest BCUT2D eigenvalue weighted by atomic mass is 9.77. The van der Waals surface area contributed by atoms with E-state index in [1.165, 1.54) is 6.07 Å². The van der Waals surface area contributed by atoms with Gasteiger partial charge in [-0.25, -0.2) is 4.98 Å². The maximum atomic E-state index is 10.5. The molecule has 1 saturated carbocycles. The van der Waals surface area contributed by atoms with Gasteiger partial charge >= 0.3 is 0 Å². The molecule has 0 saturated heterocycles. The third-order valence-electron chi connectivity index (χ3n) is 3.03. The fourth-order valence-corrected chi connectivity index (χ4v) is 2.00. The number of rotatable bonds is 4. The summed E-state index contributed by atoms with van der Waals surface area (Å²) >= 11 is 5.91. The molecule has 1 fully saturated rings. The molecule has 17 heavy (non-hydrogen) atoms. The predicted octanol–water partition coefficient (Wildman–Crippen LogP) is 1.97. The quantitative estimate of drug-likeness (QED) is 0.636. The normalized spacial score (nSPS) is 17.3. The second-order valence-electron chi connectivity index (χ2n) is 4.20. The molecule has 0 atom stereocenters. The number of hydrogen-bond acceptors (Lipinski definition) is 5. The lowest BCUT2D eigenvalue weighted by Gasteiger charge is -2.41. The molecule has 0 bridgehead atoms. The predicted molar refractivity (Wildman–Crippen MR) is 63.2 cm³/mol. The van der Waals surface area contributed by atoms with Crippen LogP contribution in [0.15, 0.2) is 12.3 Å². The first-order valence-corrected chi connectivity index (χ1v) is 5.63. The van der Waals surface area contributed by atoms with Crippen molar-refractivity contribution in [2.45, 2.75) is 24.8 Å². The van der Waals surface area contributed by atoms with Crippen LogP contribution in [0.5, 0.6) is 0 Å². The molecule has 1 aliphatic carbocycles. The van der Waals surface area contributed by atoms with Crippen molar-refractivity contribution >= 4 is 23.1 Å². The molecule has 0 unspecified atom stereocenters. The van der Waals surface area contributed by atoms with Gasteiger partial charge in [0.25, 0.3) is 5.69 Å². The molecular formula is C10H12ClN3O3. The largest absolute Gasteiger partial charge is 0.394 e. The highest BCUT2D eigenvalue weighted by atomic mass is 35.5. The van der Waals surface area contributed by atoms with E-state index in [2.05, 4.69) is 10.3 Å². The van der Waals surface area contributed by atoms with Crippen molar-refractivity contribution in [3.05, 3.63) is 27.4 Å². The minimum atomic E-state index is -0.548. The molecule has 6 nitrogen and oxygen atoms in total. The Labute approximate surface area is 103 Å². The van der Waals surface area contributed by atoms with Crippen molar-refractivity contribution in [3.63, 3.8) is 0 Å². The van der Waals surface area contributed by atoms with E-state index in [0.717, 1.165) is 25.5 Å². The number of nitrogens with zero attached hydrogens (tertiary/aromatic N) is 2. The molecular weight excluding hydrogens is 246 g/mol. The summed E-state index contributed by atoms with van der Waals surface area (Å²) < 4.78 is 0. The van der Waals surface area contributed by atoms with Gasteiger partial charge in [0.05, 0.1) is 22.1 Å². The van der Waals surface area contributed by atoms with Crippen LogP contribution in [0.4, 0.5) is 11.5 Å². The second kappa shape index (κ2) is 4.46. The van der Waals surface area contributed by atoms with Gasteiger partial charge in [0.1, 0.15) is 12.0 Å². The monoisotopic (exact) mass is 257 g/mol. The Morgan fingerprint density at radius 1 is 1.65 bits per heavy atom. The van der Waals surface area contributed by atoms with Gasteiger partial charge in [-0.1, -0.05) is 11.6 Å². The summed E-state index contributed by atoms with van der Waals surface area (Å²) in [4.78, 5) is 13.9. The summed E-state index contributed by atoms with van der Waals surface area (Å²) in [6, 6.07) is 1.25. The Morgan fingerprint density at radius 3 is 2.76 bits per heavy atom. The highest BCUT2D eigenvalue weighted by molar-refractivity contribution is 6.33. The smallest absolute Gasteiger partial charge is 0.289 e. The van der Waals surface area contributed by atoms with Crippen LogP contribution in [-0.2, 0) is 0 Å². The highest BCUT2D eigenvalue weighted by Crippen LogP contribution is 2.36. The van der Waals surface area contributed by atoms with Crippen LogP contribution in [-0.4, -0.2) is 27.2 Å². The Bertz CT molecular complexity index is 443. The summed E-state index contributed by atoms with van der Waals surface area (Å²) in [7, 11) is 0. The van der Waals surface area contributed by atoms with Crippen molar-refractivity contribution in [1.29, 1.82) is 0 Å². The summed E-state index contributed by atoms with van der Waals surface area (Å²) in [5.41, 5.74) is -0.514. The van der Waals surface area contributed by atoms with Crippen molar-refractivity contribution in [3.8, 4) is 0 Å². The van der Waals surface area contributed by atoms with E-state index in [9.17, 15) is 15.2 Å². The molecule has 1 aliphatic rings. The van der Waals surface area contributed by atoms with Crippen molar-refractivity contribution < 1.29 is 10.0 Å². The molecule has 0 amide bonds. The Kier molecular flexibility index (Phi) is 3.17. The zero-order valence-corrected chi connectivity index (χ0v) is 9.78. The Hall–Kier alpha value is -1.40. The van der Waals surface area contributed by atoms with Crippen molar-refractivity contribution in [2.24, 2.45) is 0 Å². The van der Waals surface area contributed by atoms with Crippen LogP contribution in [0.25, 0.3) is 0 Å². The molecule has 92 valence electrons. The number of aliphatic hydroxyl groups is 1. The van der Waals surface area contributed by atoms with Gasteiger partial charge in [0.2, 0.25) is 0 Å². The van der Waals surface area contributed by atoms with E-state index in [1.54, 1.807) is 0 Å². The lowest BCUT2D eigenvalue weighted by Crippen LogP contribution is -2.48. The van der Waals surface area contributed by atoms with E-state index in [0.29, 0.717) is 5.82 Å². The number of hydrogen-bond donors (Lipinski definition) is 2. The van der Waals surface area contributed by atoms with Gasteiger partial charge in [-0.2, -0.15) is 0 Å². The van der Waals surface area contributed by atoms with Crippen LogP contribution in [0.1, 0.15) is 19.3 Å². The fourth-order valence-electron chi connectivity index (χ4n) is 1.80. The third-order valence-corrected chi connectivity index (χ3v) is 3.32. The van der Waals surface area contributed by atoms with Crippen LogP contribution in [0.3, 0.4) is 0 Å². The zero-order chi connectivity index (χ0) is 12.5. The number of anilines is 1. The van der Waals surface area contributed by atoms with Crippen LogP contribution in [0.2, 0.25) is 5.02 Å². The van der Waals surface area contributed by atoms with Gasteiger partial charge in [-0.3, -0.25) is 10.1 Å². The summed E-state index contributed by atoms with van der Waals surface area (Å²) in [6.45, 7) is 0.00198. The second-order valence-corrected chi connectivity index (χ2v) is 4.61. The highest BCUT2D eigenvalue weighted by Gasteiger charge is 2.37. The summed E-state index contributed by atoms with van der Waals surface area (Å²) in [6.07, 6.45) is 3.88. The minimum absolute atomic E-state index is 0.00198. The molecule has 0 radical (unpaired) electrons. The maximum Gasteiger partial charge on any atom is 0.289 e. The van der Waals surface area contributed by atoms with Gasteiger partial charge in [-0.15, -0.1) is 0 Å². The molecule has 1 heterocycles. The number of nitrogens with one attached hydrogen (secondary N) is 1. The van der Waals surface area contributed by atoms with Gasteiger partial charge in [-0.05, 0) is 19.3 Å². The zero-order valence-electron chi connectivity index (χ0n) is 9.02. The molecule has 2 rings (SSSR count). The molecule has 0 spiro atoms. The minimum Gasteiger partial charge on any atom is -0.394 e. The Morgan fingerprint density at radius 2 is 2.35 bits per heavy atom. The standard InChI is InChI=1S/C10H12ClN3O3/c11-8-4-7(14(16)17)5-12-9(8)13-10(6-15)2-1-3-10/h4-5,15H,1-3,6H2,(H,12,13). The lowest BCUT2D eigenvalue weighted by molar-refractivity contribution is -0.385. The Balaban J connectivity index is 2.19. The average Bonchev–Trinajstić information content (AvgIpc) is 2.25. The van der Waals surface area contributed by atoms with Gasteiger partial charge in [0.15, 0.2) is 0 Å². The maximum absolute atomic E-state index is 10.5. The fraction of sp³-hybridized carbons (Fsp3) is 0.500.